The van der Waals surface area contributed by atoms with Crippen LogP contribution in [0, 0.1) is 0 Å². The van der Waals surface area contributed by atoms with E-state index in [0.29, 0.717) is 12.2 Å². The molecule has 18 heavy (non-hydrogen) atoms. The van der Waals surface area contributed by atoms with Crippen LogP contribution in [0.15, 0.2) is 12.4 Å². The fraction of sp³-hybridized carbons (Fsp3) is 0.636. The van der Waals surface area contributed by atoms with Crippen molar-refractivity contribution in [2.24, 2.45) is 0 Å². The van der Waals surface area contributed by atoms with Gasteiger partial charge in [-0.3, -0.25) is 4.18 Å². The predicted octanol–water partition coefficient (Wildman–Crippen LogP) is 0.595. The molecule has 1 aromatic heterocycles. The van der Waals surface area contributed by atoms with Crippen molar-refractivity contribution in [3.05, 3.63) is 18.2 Å². The Kier molecular flexibility index (Phi) is 4.13. The van der Waals surface area contributed by atoms with E-state index >= 15 is 0 Å². The summed E-state index contributed by atoms with van der Waals surface area (Å²) in [6.45, 7) is 2.20. The van der Waals surface area contributed by atoms with Gasteiger partial charge in [0.15, 0.2) is 0 Å². The second-order valence-corrected chi connectivity index (χ2v) is 5.97. The molecule has 0 bridgehead atoms. The molecule has 0 radical (unpaired) electrons. The molecule has 0 atom stereocenters. The second-order valence-electron chi connectivity index (χ2n) is 4.33. The zero-order chi connectivity index (χ0) is 13.0. The van der Waals surface area contributed by atoms with Gasteiger partial charge in [-0.2, -0.15) is 8.42 Å². The molecule has 1 saturated heterocycles. The molecule has 2 heterocycles. The van der Waals surface area contributed by atoms with Crippen LogP contribution in [-0.4, -0.2) is 44.3 Å². The van der Waals surface area contributed by atoms with Crippen molar-refractivity contribution < 1.29 is 12.6 Å². The summed E-state index contributed by atoms with van der Waals surface area (Å²) in [6.07, 6.45) is 7.42. The van der Waals surface area contributed by atoms with Gasteiger partial charge >= 0.3 is 0 Å². The van der Waals surface area contributed by atoms with E-state index in [1.54, 1.807) is 12.4 Å². The van der Waals surface area contributed by atoms with Crippen LogP contribution >= 0.6 is 0 Å². The number of hydrogen-bond donors (Lipinski definition) is 0. The van der Waals surface area contributed by atoms with Crippen LogP contribution in [-0.2, 0) is 20.7 Å². The fourth-order valence-electron chi connectivity index (χ4n) is 1.90. The largest absolute Gasteiger partial charge is 0.369 e. The van der Waals surface area contributed by atoms with Crippen molar-refractivity contribution in [3.63, 3.8) is 0 Å². The van der Waals surface area contributed by atoms with Gasteiger partial charge < -0.3 is 4.90 Å². The first kappa shape index (κ1) is 13.2. The molecule has 2 rings (SSSR count). The fourth-order valence-corrected chi connectivity index (χ4v) is 2.29. The molecule has 100 valence electrons. The summed E-state index contributed by atoms with van der Waals surface area (Å²) in [5.74, 6) is 0.599. The van der Waals surface area contributed by atoms with Gasteiger partial charge in [-0.15, -0.1) is 0 Å². The van der Waals surface area contributed by atoms with E-state index < -0.39 is 10.1 Å². The number of nitrogens with zero attached hydrogens (tertiary/aromatic N) is 3. The molecule has 1 aromatic rings. The monoisotopic (exact) mass is 271 g/mol. The zero-order valence-electron chi connectivity index (χ0n) is 10.4. The lowest BCUT2D eigenvalue weighted by molar-refractivity contribution is 0.323. The van der Waals surface area contributed by atoms with E-state index in [1.807, 2.05) is 0 Å². The van der Waals surface area contributed by atoms with Gasteiger partial charge in [-0.05, 0) is 12.8 Å². The van der Waals surface area contributed by atoms with Crippen LogP contribution < -0.4 is 4.90 Å². The maximum absolute atomic E-state index is 10.8. The lowest BCUT2D eigenvalue weighted by atomic mass is 10.4. The molecule has 7 heteroatoms. The molecule has 0 saturated carbocycles. The van der Waals surface area contributed by atoms with Gasteiger partial charge in [-0.25, -0.2) is 9.97 Å². The number of aromatic nitrogens is 2. The Morgan fingerprint density at radius 2 is 1.89 bits per heavy atom. The highest BCUT2D eigenvalue weighted by molar-refractivity contribution is 7.85. The summed E-state index contributed by atoms with van der Waals surface area (Å²) in [7, 11) is -3.38. The summed E-state index contributed by atoms with van der Waals surface area (Å²) >= 11 is 0. The maximum atomic E-state index is 10.8. The van der Waals surface area contributed by atoms with Crippen molar-refractivity contribution in [2.45, 2.75) is 19.3 Å². The summed E-state index contributed by atoms with van der Waals surface area (Å²) in [4.78, 5) is 10.7. The molecule has 6 nitrogen and oxygen atoms in total. The average Bonchev–Trinajstić information content (AvgIpc) is 2.82. The number of rotatable bonds is 5. The molecule has 0 aromatic carbocycles. The Bertz CT molecular complexity index is 481. The molecular formula is C11H17N3O3S. The lowest BCUT2D eigenvalue weighted by Crippen LogP contribution is -2.18. The van der Waals surface area contributed by atoms with E-state index in [0.717, 1.165) is 25.0 Å². The zero-order valence-corrected chi connectivity index (χ0v) is 11.2. The average molecular weight is 271 g/mol. The molecule has 0 unspecified atom stereocenters. The van der Waals surface area contributed by atoms with Crippen molar-refractivity contribution in [3.8, 4) is 0 Å². The van der Waals surface area contributed by atoms with Crippen LogP contribution in [0.4, 0.5) is 5.69 Å². The van der Waals surface area contributed by atoms with Gasteiger partial charge in [0.05, 0.1) is 30.9 Å². The van der Waals surface area contributed by atoms with Gasteiger partial charge in [0.2, 0.25) is 0 Å². The van der Waals surface area contributed by atoms with Crippen molar-refractivity contribution in [1.29, 1.82) is 0 Å². The predicted molar refractivity (Wildman–Crippen MR) is 68.0 cm³/mol. The lowest BCUT2D eigenvalue weighted by Gasteiger charge is -2.16. The van der Waals surface area contributed by atoms with Gasteiger partial charge in [-0.1, -0.05) is 0 Å². The van der Waals surface area contributed by atoms with E-state index in [9.17, 15) is 8.42 Å². The summed E-state index contributed by atoms with van der Waals surface area (Å²) < 4.78 is 26.2. The molecule has 1 fully saturated rings. The Hall–Kier alpha value is -1.21. The third kappa shape index (κ3) is 3.92. The van der Waals surface area contributed by atoms with Crippen molar-refractivity contribution in [2.75, 3.05) is 30.9 Å². The molecule has 0 amide bonds. The third-order valence-electron chi connectivity index (χ3n) is 2.79. The SMILES string of the molecule is CS(=O)(=O)OCCc1ncc(N2CCCC2)cn1. The van der Waals surface area contributed by atoms with Gasteiger partial charge in [0, 0.05) is 19.5 Å². The minimum absolute atomic E-state index is 0.0852. The summed E-state index contributed by atoms with van der Waals surface area (Å²) in [6, 6.07) is 0. The third-order valence-corrected chi connectivity index (χ3v) is 3.38. The first-order chi connectivity index (χ1) is 8.54. The molecular weight excluding hydrogens is 254 g/mol. The van der Waals surface area contributed by atoms with E-state index in [4.69, 9.17) is 0 Å². The van der Waals surface area contributed by atoms with Crippen molar-refractivity contribution >= 4 is 15.8 Å². The molecule has 0 spiro atoms. The van der Waals surface area contributed by atoms with Crippen LogP contribution in [0.1, 0.15) is 18.7 Å². The first-order valence-corrected chi connectivity index (χ1v) is 7.76. The number of hydrogen-bond acceptors (Lipinski definition) is 6. The number of anilines is 1. The Morgan fingerprint density at radius 3 is 2.44 bits per heavy atom. The topological polar surface area (TPSA) is 72.4 Å². The maximum Gasteiger partial charge on any atom is 0.264 e. The van der Waals surface area contributed by atoms with Crippen LogP contribution in [0.25, 0.3) is 0 Å². The van der Waals surface area contributed by atoms with E-state index in [1.165, 1.54) is 12.8 Å². The Morgan fingerprint density at radius 1 is 1.28 bits per heavy atom. The molecule has 1 aliphatic rings. The minimum Gasteiger partial charge on any atom is -0.369 e. The Balaban J connectivity index is 1.87. The highest BCUT2D eigenvalue weighted by Crippen LogP contribution is 2.17. The highest BCUT2D eigenvalue weighted by Gasteiger charge is 2.12. The van der Waals surface area contributed by atoms with E-state index in [-0.39, 0.29) is 6.61 Å². The van der Waals surface area contributed by atoms with Gasteiger partial charge in [0.1, 0.15) is 5.82 Å². The van der Waals surface area contributed by atoms with Crippen LogP contribution in [0.2, 0.25) is 0 Å². The first-order valence-electron chi connectivity index (χ1n) is 5.95. The smallest absolute Gasteiger partial charge is 0.264 e. The Labute approximate surface area is 107 Å². The van der Waals surface area contributed by atoms with E-state index in [2.05, 4.69) is 19.1 Å². The minimum atomic E-state index is -3.38. The normalized spacial score (nSPS) is 16.2. The molecule has 1 aliphatic heterocycles. The summed E-state index contributed by atoms with van der Waals surface area (Å²) in [5.41, 5.74) is 1.03. The molecule has 0 N–H and O–H groups in total. The highest BCUT2D eigenvalue weighted by atomic mass is 32.2. The van der Waals surface area contributed by atoms with Crippen LogP contribution in [0.3, 0.4) is 0 Å². The molecule has 0 aliphatic carbocycles. The quantitative estimate of drug-likeness (QED) is 0.730. The standard InChI is InChI=1S/C11H17N3O3S/c1-18(15,16)17-7-4-11-12-8-10(9-13-11)14-5-2-3-6-14/h8-9H,2-7H2,1H3. The van der Waals surface area contributed by atoms with Crippen LogP contribution in [0.5, 0.6) is 0 Å². The second kappa shape index (κ2) is 5.62. The van der Waals surface area contributed by atoms with Crippen molar-refractivity contribution in [1.82, 2.24) is 9.97 Å². The van der Waals surface area contributed by atoms with Gasteiger partial charge in [0.25, 0.3) is 10.1 Å². The summed E-state index contributed by atoms with van der Waals surface area (Å²) in [5, 5.41) is 0.